The van der Waals surface area contributed by atoms with E-state index in [1.807, 2.05) is 0 Å². The molecule has 0 aliphatic heterocycles. The lowest BCUT2D eigenvalue weighted by Gasteiger charge is -2.13. The van der Waals surface area contributed by atoms with Gasteiger partial charge in [0, 0.05) is 10.5 Å². The number of amides is 1. The van der Waals surface area contributed by atoms with Crippen LogP contribution in [0.3, 0.4) is 0 Å². The summed E-state index contributed by atoms with van der Waals surface area (Å²) in [4.78, 5) is 23.4. The first-order valence-electron chi connectivity index (χ1n) is 6.76. The Morgan fingerprint density at radius 1 is 1.35 bits per heavy atom. The van der Waals surface area contributed by atoms with Gasteiger partial charge in [-0.15, -0.1) is 0 Å². The van der Waals surface area contributed by atoms with E-state index < -0.39 is 24.6 Å². The number of halogens is 1. The van der Waals surface area contributed by atoms with Gasteiger partial charge in [0.15, 0.2) is 18.5 Å². The number of hydrogen-bond donors (Lipinski definition) is 1. The first kappa shape index (κ1) is 17.0. The van der Waals surface area contributed by atoms with Crippen molar-refractivity contribution in [3.8, 4) is 5.75 Å². The van der Waals surface area contributed by atoms with Crippen LogP contribution in [0.1, 0.15) is 12.7 Å². The fourth-order valence-corrected chi connectivity index (χ4v) is 1.89. The highest BCUT2D eigenvalue weighted by Gasteiger charge is 2.18. The van der Waals surface area contributed by atoms with Gasteiger partial charge in [0.25, 0.3) is 5.91 Å². The molecule has 8 heteroatoms. The maximum absolute atomic E-state index is 11.8. The minimum absolute atomic E-state index is 0.266. The molecule has 0 radical (unpaired) electrons. The Morgan fingerprint density at radius 2 is 2.04 bits per heavy atom. The number of hydrogen-bond acceptors (Lipinski definition) is 6. The van der Waals surface area contributed by atoms with Crippen molar-refractivity contribution in [1.29, 1.82) is 0 Å². The highest BCUT2D eigenvalue weighted by molar-refractivity contribution is 9.10. The van der Waals surface area contributed by atoms with Crippen LogP contribution in [0.5, 0.6) is 5.75 Å². The quantitative estimate of drug-likeness (QED) is 0.772. The van der Waals surface area contributed by atoms with Gasteiger partial charge in [-0.2, -0.15) is 0 Å². The third-order valence-electron chi connectivity index (χ3n) is 2.70. The van der Waals surface area contributed by atoms with E-state index in [1.165, 1.54) is 0 Å². The van der Waals surface area contributed by atoms with Gasteiger partial charge < -0.3 is 19.3 Å². The molecular formula is C15H15BrN2O5. The minimum Gasteiger partial charge on any atom is -0.479 e. The number of nitrogens with one attached hydrogen (secondary N) is 1. The molecule has 0 fully saturated rings. The van der Waals surface area contributed by atoms with Gasteiger partial charge in [0.2, 0.25) is 0 Å². The van der Waals surface area contributed by atoms with Gasteiger partial charge in [-0.3, -0.25) is 4.79 Å². The molecule has 1 N–H and O–H groups in total. The molecule has 1 amide bonds. The Labute approximate surface area is 141 Å². The van der Waals surface area contributed by atoms with Gasteiger partial charge in [0.05, 0.1) is 0 Å². The summed E-state index contributed by atoms with van der Waals surface area (Å²) in [5.74, 6) is 0.207. The maximum Gasteiger partial charge on any atom is 0.347 e. The highest BCUT2D eigenvalue weighted by atomic mass is 79.9. The number of esters is 1. The highest BCUT2D eigenvalue weighted by Crippen LogP contribution is 2.17. The number of aryl methyl sites for hydroxylation is 1. The fourth-order valence-electron chi connectivity index (χ4n) is 1.62. The van der Waals surface area contributed by atoms with Crippen LogP contribution in [0.25, 0.3) is 0 Å². The third-order valence-corrected chi connectivity index (χ3v) is 3.23. The average molecular weight is 383 g/mol. The van der Waals surface area contributed by atoms with Crippen LogP contribution >= 0.6 is 15.9 Å². The Morgan fingerprint density at radius 3 is 2.65 bits per heavy atom. The van der Waals surface area contributed by atoms with Gasteiger partial charge in [-0.05, 0) is 38.1 Å². The smallest absolute Gasteiger partial charge is 0.347 e. The fraction of sp³-hybridized carbons (Fsp3) is 0.267. The van der Waals surface area contributed by atoms with Crippen molar-refractivity contribution in [1.82, 2.24) is 5.16 Å². The molecule has 0 unspecified atom stereocenters. The number of ether oxygens (including phenoxy) is 2. The van der Waals surface area contributed by atoms with Crippen molar-refractivity contribution in [3.63, 3.8) is 0 Å². The van der Waals surface area contributed by atoms with Crippen molar-refractivity contribution in [2.24, 2.45) is 0 Å². The number of rotatable bonds is 6. The summed E-state index contributed by atoms with van der Waals surface area (Å²) >= 11 is 3.31. The largest absolute Gasteiger partial charge is 0.479 e. The number of nitrogens with zero attached hydrogens (tertiary/aromatic N) is 1. The zero-order chi connectivity index (χ0) is 16.8. The van der Waals surface area contributed by atoms with Crippen molar-refractivity contribution < 1.29 is 23.6 Å². The second-order valence-corrected chi connectivity index (χ2v) is 5.61. The molecule has 0 bridgehead atoms. The molecule has 1 aromatic carbocycles. The predicted octanol–water partition coefficient (Wildman–Crippen LogP) is 2.69. The van der Waals surface area contributed by atoms with E-state index in [4.69, 9.17) is 14.0 Å². The number of carbonyl (C=O) groups excluding carboxylic acids is 2. The molecule has 0 aliphatic rings. The normalized spacial score (nSPS) is 11.6. The second-order valence-electron chi connectivity index (χ2n) is 4.69. The summed E-state index contributed by atoms with van der Waals surface area (Å²) < 4.78 is 16.0. The lowest BCUT2D eigenvalue weighted by molar-refractivity contribution is -0.153. The SMILES string of the molecule is Cc1cc(NC(=O)COC(=O)[C@@H](C)Oc2ccc(Br)cc2)no1. The van der Waals surface area contributed by atoms with E-state index in [1.54, 1.807) is 44.2 Å². The molecule has 122 valence electrons. The van der Waals surface area contributed by atoms with Gasteiger partial charge in [-0.25, -0.2) is 4.79 Å². The predicted molar refractivity (Wildman–Crippen MR) is 85.1 cm³/mol. The Balaban J connectivity index is 1.77. The molecule has 1 aromatic heterocycles. The molecule has 7 nitrogen and oxygen atoms in total. The summed E-state index contributed by atoms with van der Waals surface area (Å²) in [5.41, 5.74) is 0. The first-order valence-corrected chi connectivity index (χ1v) is 7.55. The average Bonchev–Trinajstić information content (AvgIpc) is 2.92. The van der Waals surface area contributed by atoms with Crippen LogP contribution < -0.4 is 10.1 Å². The first-order chi connectivity index (χ1) is 10.9. The van der Waals surface area contributed by atoms with Crippen LogP contribution in [0.4, 0.5) is 5.82 Å². The summed E-state index contributed by atoms with van der Waals surface area (Å²) in [5, 5.41) is 6.05. The van der Waals surface area contributed by atoms with Crippen molar-refractivity contribution in [3.05, 3.63) is 40.6 Å². The number of anilines is 1. The Hall–Kier alpha value is -2.35. The summed E-state index contributed by atoms with van der Waals surface area (Å²) in [6, 6.07) is 8.57. The summed E-state index contributed by atoms with van der Waals surface area (Å²) in [6.07, 6.45) is -0.835. The zero-order valence-corrected chi connectivity index (χ0v) is 14.1. The molecule has 0 aliphatic carbocycles. The zero-order valence-electron chi connectivity index (χ0n) is 12.5. The van der Waals surface area contributed by atoms with Gasteiger partial charge in [-0.1, -0.05) is 21.1 Å². The molecule has 1 atom stereocenters. The van der Waals surface area contributed by atoms with Gasteiger partial charge in [0.1, 0.15) is 11.5 Å². The monoisotopic (exact) mass is 382 g/mol. The maximum atomic E-state index is 11.8. The third kappa shape index (κ3) is 5.41. The standard InChI is InChI=1S/C15H15BrN2O5/c1-9-7-13(18-23-9)17-14(19)8-21-15(20)10(2)22-12-5-3-11(16)4-6-12/h3-7,10H,8H2,1-2H3,(H,17,18,19)/t10-/m1/s1. The number of aromatic nitrogens is 1. The van der Waals surface area contributed by atoms with Crippen molar-refractivity contribution in [2.75, 3.05) is 11.9 Å². The topological polar surface area (TPSA) is 90.7 Å². The molecule has 0 saturated heterocycles. The summed E-state index contributed by atoms with van der Waals surface area (Å²) in [6.45, 7) is 2.81. The Kier molecular flexibility index (Phi) is 5.75. The lowest BCUT2D eigenvalue weighted by atomic mass is 10.3. The number of carbonyl (C=O) groups is 2. The van der Waals surface area contributed by atoms with E-state index in [0.717, 1.165) is 4.47 Å². The van der Waals surface area contributed by atoms with E-state index in [9.17, 15) is 9.59 Å². The lowest BCUT2D eigenvalue weighted by Crippen LogP contribution is -2.29. The van der Waals surface area contributed by atoms with Crippen LogP contribution in [0.2, 0.25) is 0 Å². The molecule has 23 heavy (non-hydrogen) atoms. The van der Waals surface area contributed by atoms with Crippen LogP contribution in [-0.2, 0) is 14.3 Å². The van der Waals surface area contributed by atoms with Gasteiger partial charge >= 0.3 is 5.97 Å². The number of benzene rings is 1. The molecule has 1 heterocycles. The minimum atomic E-state index is -0.835. The van der Waals surface area contributed by atoms with Crippen molar-refractivity contribution >= 4 is 33.6 Å². The van der Waals surface area contributed by atoms with E-state index in [-0.39, 0.29) is 5.82 Å². The molecular weight excluding hydrogens is 368 g/mol. The van der Waals surface area contributed by atoms with Crippen LogP contribution in [0, 0.1) is 6.92 Å². The molecule has 0 saturated carbocycles. The van der Waals surface area contributed by atoms with E-state index in [0.29, 0.717) is 11.5 Å². The Bertz CT molecular complexity index is 683. The van der Waals surface area contributed by atoms with E-state index in [2.05, 4.69) is 26.4 Å². The molecule has 2 rings (SSSR count). The summed E-state index contributed by atoms with van der Waals surface area (Å²) in [7, 11) is 0. The van der Waals surface area contributed by atoms with E-state index >= 15 is 0 Å². The molecule has 2 aromatic rings. The van der Waals surface area contributed by atoms with Crippen LogP contribution in [-0.4, -0.2) is 29.7 Å². The van der Waals surface area contributed by atoms with Crippen molar-refractivity contribution in [2.45, 2.75) is 20.0 Å². The molecule has 0 spiro atoms. The van der Waals surface area contributed by atoms with Crippen LogP contribution in [0.15, 0.2) is 39.3 Å². The second kappa shape index (κ2) is 7.77.